The van der Waals surface area contributed by atoms with Crippen molar-refractivity contribution < 1.29 is 18.3 Å². The average molecular weight is 460 g/mol. The predicted molar refractivity (Wildman–Crippen MR) is 127 cm³/mol. The van der Waals surface area contributed by atoms with Gasteiger partial charge in [0.05, 0.1) is 18.8 Å². The van der Waals surface area contributed by atoms with Crippen LogP contribution in [0, 0.1) is 0 Å². The lowest BCUT2D eigenvalue weighted by Gasteiger charge is -2.23. The number of aliphatic hydroxyl groups is 1. The van der Waals surface area contributed by atoms with E-state index in [2.05, 4.69) is 17.0 Å². The molecule has 0 spiro atoms. The molecule has 8 heteroatoms. The van der Waals surface area contributed by atoms with Crippen molar-refractivity contribution in [1.82, 2.24) is 9.21 Å². The number of para-hydroxylation sites is 1. The van der Waals surface area contributed by atoms with Crippen molar-refractivity contribution in [3.8, 4) is 0 Å². The Morgan fingerprint density at radius 1 is 1.09 bits per heavy atom. The molecule has 1 atom stereocenters. The lowest BCUT2D eigenvalue weighted by molar-refractivity contribution is -0.129. The van der Waals surface area contributed by atoms with Gasteiger partial charge in [-0.25, -0.2) is 12.7 Å². The summed E-state index contributed by atoms with van der Waals surface area (Å²) in [4.78, 5) is 16.7. The summed E-state index contributed by atoms with van der Waals surface area (Å²) in [6.07, 6.45) is 2.75. The van der Waals surface area contributed by atoms with Gasteiger partial charge < -0.3 is 14.9 Å². The maximum atomic E-state index is 12.7. The number of carbonyl (C=O) groups is 1. The van der Waals surface area contributed by atoms with E-state index in [-0.39, 0.29) is 12.0 Å². The molecular weight excluding hydrogens is 426 g/mol. The van der Waals surface area contributed by atoms with Crippen molar-refractivity contribution in [2.24, 2.45) is 0 Å². The molecule has 2 aromatic rings. The second-order valence-corrected chi connectivity index (χ2v) is 10.7. The highest BCUT2D eigenvalue weighted by Gasteiger charge is 2.22. The lowest BCUT2D eigenvalue weighted by atomic mass is 10.1. The first kappa shape index (κ1) is 24.2. The monoisotopic (exact) mass is 459 g/mol. The van der Waals surface area contributed by atoms with Gasteiger partial charge in [-0.1, -0.05) is 42.5 Å². The Balaban J connectivity index is 1.54. The van der Waals surface area contributed by atoms with Crippen molar-refractivity contribution in [3.05, 3.63) is 65.2 Å². The van der Waals surface area contributed by atoms with Gasteiger partial charge in [-0.3, -0.25) is 4.79 Å². The molecule has 1 saturated heterocycles. The van der Waals surface area contributed by atoms with Gasteiger partial charge in [-0.2, -0.15) is 0 Å². The van der Waals surface area contributed by atoms with E-state index in [0.717, 1.165) is 36.2 Å². The van der Waals surface area contributed by atoms with Crippen molar-refractivity contribution >= 4 is 21.6 Å². The van der Waals surface area contributed by atoms with Gasteiger partial charge in [-0.15, -0.1) is 0 Å². The molecule has 3 rings (SSSR count). The van der Waals surface area contributed by atoms with E-state index in [1.807, 2.05) is 43.4 Å². The van der Waals surface area contributed by atoms with Crippen LogP contribution in [0.3, 0.4) is 0 Å². The van der Waals surface area contributed by atoms with Gasteiger partial charge in [0.2, 0.25) is 15.9 Å². The van der Waals surface area contributed by atoms with Crippen LogP contribution in [0.2, 0.25) is 0 Å². The van der Waals surface area contributed by atoms with E-state index in [1.165, 1.54) is 16.1 Å². The first-order chi connectivity index (χ1) is 15.1. The SMILES string of the molecule is CN(CCc1ccccc1N1CC[C@H](O)C1)C(=O)Cc1ccc(CN(C)S(C)(=O)=O)cc1. The highest BCUT2D eigenvalue weighted by Crippen LogP contribution is 2.25. The van der Waals surface area contributed by atoms with Gasteiger partial charge in [-0.05, 0) is 35.6 Å². The molecule has 1 aliphatic heterocycles. The number of β-amino-alcohol motifs (C(OH)–C–C–N with tert-alkyl or cyclic N) is 1. The van der Waals surface area contributed by atoms with E-state index >= 15 is 0 Å². The Morgan fingerprint density at radius 3 is 2.38 bits per heavy atom. The number of hydrogen-bond acceptors (Lipinski definition) is 5. The third kappa shape index (κ3) is 6.54. The summed E-state index contributed by atoms with van der Waals surface area (Å²) in [6.45, 7) is 2.43. The third-order valence-corrected chi connectivity index (χ3v) is 7.25. The van der Waals surface area contributed by atoms with E-state index in [9.17, 15) is 18.3 Å². The Bertz CT molecular complexity index is 1020. The van der Waals surface area contributed by atoms with Crippen LogP contribution in [0.15, 0.2) is 48.5 Å². The Hall–Kier alpha value is -2.42. The summed E-state index contributed by atoms with van der Waals surface area (Å²) >= 11 is 0. The molecule has 1 amide bonds. The van der Waals surface area contributed by atoms with E-state index in [1.54, 1.807) is 11.9 Å². The Labute approximate surface area is 191 Å². The summed E-state index contributed by atoms with van der Waals surface area (Å²) < 4.78 is 24.4. The normalized spacial score (nSPS) is 16.5. The number of anilines is 1. The second-order valence-electron chi connectivity index (χ2n) is 8.59. The van der Waals surface area contributed by atoms with Crippen molar-refractivity contribution in [2.75, 3.05) is 44.9 Å². The number of aliphatic hydroxyl groups excluding tert-OH is 1. The maximum Gasteiger partial charge on any atom is 0.226 e. The minimum Gasteiger partial charge on any atom is -0.391 e. The van der Waals surface area contributed by atoms with Gasteiger partial charge >= 0.3 is 0 Å². The number of benzene rings is 2. The number of sulfonamides is 1. The van der Waals surface area contributed by atoms with E-state index in [0.29, 0.717) is 26.1 Å². The average Bonchev–Trinajstić information content (AvgIpc) is 3.19. The molecule has 1 heterocycles. The second kappa shape index (κ2) is 10.5. The standard InChI is InChI=1S/C24H33N3O4S/c1-25(14-12-21-6-4-5-7-23(21)27-15-13-22(28)18-27)24(29)16-19-8-10-20(11-9-19)17-26(2)32(3,30)31/h4-11,22,28H,12-18H2,1-3H3/t22-/m0/s1. The number of carbonyl (C=O) groups excluding carboxylic acids is 1. The molecule has 32 heavy (non-hydrogen) atoms. The van der Waals surface area contributed by atoms with Crippen LogP contribution < -0.4 is 4.90 Å². The molecule has 0 bridgehead atoms. The van der Waals surface area contributed by atoms with Gasteiger partial charge in [0, 0.05) is 46.0 Å². The zero-order valence-corrected chi connectivity index (χ0v) is 19.9. The molecule has 1 fully saturated rings. The quantitative estimate of drug-likeness (QED) is 0.619. The van der Waals surface area contributed by atoms with E-state index in [4.69, 9.17) is 0 Å². The fourth-order valence-electron chi connectivity index (χ4n) is 3.85. The number of nitrogens with zero attached hydrogens (tertiary/aromatic N) is 3. The van der Waals surface area contributed by atoms with Crippen LogP contribution in [0.1, 0.15) is 23.1 Å². The molecular formula is C24H33N3O4S. The third-order valence-electron chi connectivity index (χ3n) is 5.99. The summed E-state index contributed by atoms with van der Waals surface area (Å²) in [5.74, 6) is 0.0417. The van der Waals surface area contributed by atoms with Crippen LogP contribution in [0.25, 0.3) is 0 Å². The first-order valence-corrected chi connectivity index (χ1v) is 12.7. The molecule has 0 saturated carbocycles. The molecule has 1 aliphatic rings. The van der Waals surface area contributed by atoms with Crippen LogP contribution in [0.4, 0.5) is 5.69 Å². The van der Waals surface area contributed by atoms with Crippen molar-refractivity contribution in [2.45, 2.75) is 31.9 Å². The molecule has 0 aliphatic carbocycles. The number of likely N-dealkylation sites (N-methyl/N-ethyl adjacent to an activating group) is 1. The Kier molecular flexibility index (Phi) is 7.92. The molecule has 0 radical (unpaired) electrons. The molecule has 1 N–H and O–H groups in total. The Morgan fingerprint density at radius 2 is 1.75 bits per heavy atom. The van der Waals surface area contributed by atoms with Gasteiger partial charge in [0.25, 0.3) is 0 Å². The first-order valence-electron chi connectivity index (χ1n) is 10.9. The zero-order valence-electron chi connectivity index (χ0n) is 19.1. The molecule has 174 valence electrons. The number of amides is 1. The molecule has 2 aromatic carbocycles. The highest BCUT2D eigenvalue weighted by atomic mass is 32.2. The summed E-state index contributed by atoms with van der Waals surface area (Å²) in [7, 11) is 0.142. The predicted octanol–water partition coefficient (Wildman–Crippen LogP) is 1.89. The highest BCUT2D eigenvalue weighted by molar-refractivity contribution is 7.88. The largest absolute Gasteiger partial charge is 0.391 e. The lowest BCUT2D eigenvalue weighted by Crippen LogP contribution is -2.30. The fraction of sp³-hybridized carbons (Fsp3) is 0.458. The van der Waals surface area contributed by atoms with Crippen LogP contribution in [-0.2, 0) is 34.2 Å². The van der Waals surface area contributed by atoms with Gasteiger partial charge in [0.1, 0.15) is 0 Å². The smallest absolute Gasteiger partial charge is 0.226 e. The summed E-state index contributed by atoms with van der Waals surface area (Å²) in [6, 6.07) is 15.7. The van der Waals surface area contributed by atoms with Crippen molar-refractivity contribution in [3.63, 3.8) is 0 Å². The summed E-state index contributed by atoms with van der Waals surface area (Å²) in [5.41, 5.74) is 4.10. The summed E-state index contributed by atoms with van der Waals surface area (Å²) in [5, 5.41) is 9.85. The molecule has 7 nitrogen and oxygen atoms in total. The topological polar surface area (TPSA) is 81.2 Å². The minimum atomic E-state index is -3.22. The minimum absolute atomic E-state index is 0.0417. The molecule has 0 unspecified atom stereocenters. The van der Waals surface area contributed by atoms with E-state index < -0.39 is 10.0 Å². The van der Waals surface area contributed by atoms with Gasteiger partial charge in [0.15, 0.2) is 0 Å². The number of rotatable bonds is 9. The number of hydrogen-bond donors (Lipinski definition) is 1. The van der Waals surface area contributed by atoms with Crippen LogP contribution in [0.5, 0.6) is 0 Å². The van der Waals surface area contributed by atoms with Crippen LogP contribution in [-0.4, -0.2) is 74.7 Å². The molecule has 0 aromatic heterocycles. The van der Waals surface area contributed by atoms with Crippen molar-refractivity contribution in [1.29, 1.82) is 0 Å². The zero-order chi connectivity index (χ0) is 23.3. The maximum absolute atomic E-state index is 12.7. The fourth-order valence-corrected chi connectivity index (χ4v) is 4.23. The van der Waals surface area contributed by atoms with Crippen LogP contribution >= 0.6 is 0 Å².